The van der Waals surface area contributed by atoms with Crippen LogP contribution in [0.1, 0.15) is 30.1 Å². The Labute approximate surface area is 100 Å². The van der Waals surface area contributed by atoms with Crippen LogP contribution in [-0.4, -0.2) is 29.4 Å². The number of halogens is 1. The Bertz CT molecular complexity index is 418. The van der Waals surface area contributed by atoms with Gasteiger partial charge in [0.1, 0.15) is 5.82 Å². The first-order valence-corrected chi connectivity index (χ1v) is 5.84. The number of hydrogen-bond donors (Lipinski definition) is 1. The summed E-state index contributed by atoms with van der Waals surface area (Å²) in [6.07, 6.45) is 1.90. The van der Waals surface area contributed by atoms with E-state index in [-0.39, 0.29) is 17.3 Å². The second kappa shape index (κ2) is 4.45. The molecule has 1 aliphatic rings. The summed E-state index contributed by atoms with van der Waals surface area (Å²) in [6, 6.07) is 5.66. The molecule has 1 unspecified atom stereocenters. The average molecular weight is 236 g/mol. The summed E-state index contributed by atoms with van der Waals surface area (Å²) >= 11 is 0. The number of benzene rings is 1. The molecule has 1 aliphatic heterocycles. The van der Waals surface area contributed by atoms with Crippen molar-refractivity contribution in [1.29, 1.82) is 0 Å². The Kier molecular flexibility index (Phi) is 3.15. The number of hydrogen-bond acceptors (Lipinski definition) is 2. The molecule has 0 aliphatic carbocycles. The van der Waals surface area contributed by atoms with Crippen LogP contribution in [-0.2, 0) is 0 Å². The van der Waals surface area contributed by atoms with Gasteiger partial charge in [0, 0.05) is 18.7 Å². The van der Waals surface area contributed by atoms with Crippen molar-refractivity contribution in [3.8, 4) is 0 Å². The van der Waals surface area contributed by atoms with Crippen LogP contribution in [0.4, 0.5) is 4.39 Å². The third-order valence-corrected chi connectivity index (χ3v) is 3.52. The summed E-state index contributed by atoms with van der Waals surface area (Å²) in [7, 11) is 0. The molecule has 17 heavy (non-hydrogen) atoms. The maximum Gasteiger partial charge on any atom is 0.254 e. The Hall–Kier alpha value is -1.42. The Morgan fingerprint density at radius 2 is 2.12 bits per heavy atom. The zero-order valence-electron chi connectivity index (χ0n) is 9.95. The summed E-state index contributed by atoms with van der Waals surface area (Å²) in [5.74, 6) is -0.389. The van der Waals surface area contributed by atoms with E-state index in [2.05, 4.69) is 0 Å². The quantitative estimate of drug-likeness (QED) is 0.850. The highest BCUT2D eigenvalue weighted by Gasteiger charge is 2.38. The molecule has 1 heterocycles. The van der Waals surface area contributed by atoms with E-state index in [9.17, 15) is 9.18 Å². The Morgan fingerprint density at radius 3 is 2.71 bits per heavy atom. The fourth-order valence-electron chi connectivity index (χ4n) is 2.33. The molecule has 2 rings (SSSR count). The number of carbonyl (C=O) groups excluding carboxylic acids is 1. The van der Waals surface area contributed by atoms with Gasteiger partial charge in [-0.15, -0.1) is 0 Å². The van der Waals surface area contributed by atoms with Crippen molar-refractivity contribution in [3.05, 3.63) is 35.6 Å². The Balaban J connectivity index is 2.23. The third-order valence-electron chi connectivity index (χ3n) is 3.52. The van der Waals surface area contributed by atoms with Gasteiger partial charge in [0.2, 0.25) is 0 Å². The number of amides is 1. The molecule has 92 valence electrons. The smallest absolute Gasteiger partial charge is 0.254 e. The number of carbonyl (C=O) groups is 1. The van der Waals surface area contributed by atoms with Gasteiger partial charge in [-0.05, 0) is 44.0 Å². The van der Waals surface area contributed by atoms with Crippen LogP contribution in [0.5, 0.6) is 0 Å². The molecule has 0 radical (unpaired) electrons. The van der Waals surface area contributed by atoms with E-state index < -0.39 is 0 Å². The third kappa shape index (κ3) is 2.17. The highest BCUT2D eigenvalue weighted by Crippen LogP contribution is 2.29. The van der Waals surface area contributed by atoms with E-state index in [0.717, 1.165) is 19.4 Å². The molecule has 1 fully saturated rings. The Morgan fingerprint density at radius 1 is 1.47 bits per heavy atom. The molecule has 1 amide bonds. The van der Waals surface area contributed by atoms with Gasteiger partial charge in [-0.3, -0.25) is 4.79 Å². The minimum atomic E-state index is -0.329. The highest BCUT2D eigenvalue weighted by atomic mass is 19.1. The maximum absolute atomic E-state index is 12.8. The van der Waals surface area contributed by atoms with Gasteiger partial charge in [-0.2, -0.15) is 0 Å². The van der Waals surface area contributed by atoms with E-state index in [0.29, 0.717) is 12.1 Å². The van der Waals surface area contributed by atoms with Gasteiger partial charge in [-0.25, -0.2) is 4.39 Å². The topological polar surface area (TPSA) is 46.3 Å². The fourth-order valence-corrected chi connectivity index (χ4v) is 2.33. The molecule has 0 spiro atoms. The van der Waals surface area contributed by atoms with Gasteiger partial charge in [0.25, 0.3) is 5.91 Å². The zero-order valence-corrected chi connectivity index (χ0v) is 9.95. The lowest BCUT2D eigenvalue weighted by Gasteiger charge is -2.34. The first-order chi connectivity index (χ1) is 8.07. The van der Waals surface area contributed by atoms with E-state index in [4.69, 9.17) is 5.73 Å². The van der Waals surface area contributed by atoms with Crippen LogP contribution in [0.15, 0.2) is 24.3 Å². The number of nitrogens with two attached hydrogens (primary N) is 1. The number of nitrogens with zero attached hydrogens (tertiary/aromatic N) is 1. The van der Waals surface area contributed by atoms with E-state index in [1.54, 1.807) is 4.90 Å². The van der Waals surface area contributed by atoms with Crippen molar-refractivity contribution in [2.75, 3.05) is 13.1 Å². The minimum absolute atomic E-state index is 0.0598. The lowest BCUT2D eigenvalue weighted by atomic mass is 9.98. The molecule has 1 aromatic rings. The van der Waals surface area contributed by atoms with E-state index in [1.807, 2.05) is 6.92 Å². The lowest BCUT2D eigenvalue weighted by molar-refractivity contribution is 0.0637. The first kappa shape index (κ1) is 12.0. The largest absolute Gasteiger partial charge is 0.332 e. The average Bonchev–Trinajstić information content (AvgIpc) is 2.72. The molecule has 0 saturated carbocycles. The summed E-state index contributed by atoms with van der Waals surface area (Å²) in [5.41, 5.74) is 6.01. The van der Waals surface area contributed by atoms with Gasteiger partial charge >= 0.3 is 0 Å². The van der Waals surface area contributed by atoms with Crippen molar-refractivity contribution in [2.45, 2.75) is 25.3 Å². The molecule has 0 bridgehead atoms. The van der Waals surface area contributed by atoms with Crippen LogP contribution < -0.4 is 5.73 Å². The van der Waals surface area contributed by atoms with Gasteiger partial charge < -0.3 is 10.6 Å². The molecular weight excluding hydrogens is 219 g/mol. The van der Waals surface area contributed by atoms with Crippen LogP contribution in [0, 0.1) is 5.82 Å². The first-order valence-electron chi connectivity index (χ1n) is 5.84. The van der Waals surface area contributed by atoms with E-state index >= 15 is 0 Å². The van der Waals surface area contributed by atoms with Gasteiger partial charge in [0.05, 0.1) is 5.54 Å². The van der Waals surface area contributed by atoms with E-state index in [1.165, 1.54) is 24.3 Å². The number of likely N-dealkylation sites (tertiary alicyclic amines) is 1. The summed E-state index contributed by atoms with van der Waals surface area (Å²) in [5, 5.41) is 0. The monoisotopic (exact) mass is 236 g/mol. The van der Waals surface area contributed by atoms with Crippen molar-refractivity contribution in [2.24, 2.45) is 5.73 Å². The predicted molar refractivity (Wildman–Crippen MR) is 64.1 cm³/mol. The summed E-state index contributed by atoms with van der Waals surface area (Å²) < 4.78 is 12.8. The molecule has 4 heteroatoms. The maximum atomic E-state index is 12.8. The highest BCUT2D eigenvalue weighted by molar-refractivity contribution is 5.94. The van der Waals surface area contributed by atoms with Crippen LogP contribution in [0.25, 0.3) is 0 Å². The molecule has 1 aromatic carbocycles. The normalized spacial score (nSPS) is 24.1. The summed E-state index contributed by atoms with van der Waals surface area (Å²) in [4.78, 5) is 14.1. The molecule has 1 saturated heterocycles. The predicted octanol–water partition coefficient (Wildman–Crippen LogP) is 1.78. The molecule has 2 N–H and O–H groups in total. The molecule has 1 atom stereocenters. The minimum Gasteiger partial charge on any atom is -0.332 e. The van der Waals surface area contributed by atoms with Crippen molar-refractivity contribution >= 4 is 5.91 Å². The van der Waals surface area contributed by atoms with Crippen LogP contribution in [0.3, 0.4) is 0 Å². The number of rotatable bonds is 2. The van der Waals surface area contributed by atoms with Gasteiger partial charge in [0.15, 0.2) is 0 Å². The van der Waals surface area contributed by atoms with Crippen molar-refractivity contribution in [3.63, 3.8) is 0 Å². The SMILES string of the molecule is CC1(CN)CCCN1C(=O)c1ccc(F)cc1. The van der Waals surface area contributed by atoms with Crippen molar-refractivity contribution < 1.29 is 9.18 Å². The standard InChI is InChI=1S/C13H17FN2O/c1-13(9-15)7-2-8-16(13)12(17)10-3-5-11(14)6-4-10/h3-6H,2,7-9,15H2,1H3. The zero-order chi connectivity index (χ0) is 12.5. The summed E-state index contributed by atoms with van der Waals surface area (Å²) in [6.45, 7) is 3.19. The van der Waals surface area contributed by atoms with Crippen LogP contribution in [0.2, 0.25) is 0 Å². The lowest BCUT2D eigenvalue weighted by Crippen LogP contribution is -2.50. The van der Waals surface area contributed by atoms with Gasteiger partial charge in [-0.1, -0.05) is 0 Å². The molecular formula is C13H17FN2O. The molecule has 0 aromatic heterocycles. The molecule has 3 nitrogen and oxygen atoms in total. The second-order valence-electron chi connectivity index (χ2n) is 4.77. The van der Waals surface area contributed by atoms with Crippen molar-refractivity contribution in [1.82, 2.24) is 4.90 Å². The van der Waals surface area contributed by atoms with Crippen LogP contribution >= 0.6 is 0 Å². The second-order valence-corrected chi connectivity index (χ2v) is 4.77. The fraction of sp³-hybridized carbons (Fsp3) is 0.462.